The Kier molecular flexibility index (Phi) is 6.95. The minimum Gasteiger partial charge on any atom is -0.462 e. The SMILES string of the molecule is CCOC(=O)c1ccc2c(c1)NC(=O)/C2=C(\C)Nc1ccc(N(C)C(=O)CN(C)C)cc1. The van der Waals surface area contributed by atoms with Gasteiger partial charge in [-0.15, -0.1) is 0 Å². The van der Waals surface area contributed by atoms with Gasteiger partial charge in [0, 0.05) is 29.7 Å². The molecule has 2 aromatic carbocycles. The molecule has 0 fully saturated rings. The second-order valence-corrected chi connectivity index (χ2v) is 7.80. The highest BCUT2D eigenvalue weighted by atomic mass is 16.5. The topological polar surface area (TPSA) is 91.0 Å². The van der Waals surface area contributed by atoms with Crippen LogP contribution >= 0.6 is 0 Å². The molecule has 0 atom stereocenters. The van der Waals surface area contributed by atoms with Crippen LogP contribution in [-0.2, 0) is 14.3 Å². The third-order valence-corrected chi connectivity index (χ3v) is 5.06. The maximum absolute atomic E-state index is 12.6. The summed E-state index contributed by atoms with van der Waals surface area (Å²) >= 11 is 0. The van der Waals surface area contributed by atoms with E-state index in [9.17, 15) is 14.4 Å². The van der Waals surface area contributed by atoms with Gasteiger partial charge in [-0.3, -0.25) is 9.59 Å². The van der Waals surface area contributed by atoms with Crippen molar-refractivity contribution in [2.75, 3.05) is 49.8 Å². The second kappa shape index (κ2) is 9.65. The second-order valence-electron chi connectivity index (χ2n) is 7.80. The largest absolute Gasteiger partial charge is 0.462 e. The molecule has 8 heteroatoms. The van der Waals surface area contributed by atoms with Crippen molar-refractivity contribution in [3.05, 3.63) is 59.3 Å². The van der Waals surface area contributed by atoms with Crippen LogP contribution in [0.5, 0.6) is 0 Å². The van der Waals surface area contributed by atoms with E-state index >= 15 is 0 Å². The molecule has 1 heterocycles. The lowest BCUT2D eigenvalue weighted by atomic mass is 10.0. The van der Waals surface area contributed by atoms with Crippen molar-refractivity contribution in [3.8, 4) is 0 Å². The highest BCUT2D eigenvalue weighted by Crippen LogP contribution is 2.35. The molecule has 32 heavy (non-hydrogen) atoms. The number of carbonyl (C=O) groups is 3. The summed E-state index contributed by atoms with van der Waals surface area (Å²) in [6, 6.07) is 12.4. The van der Waals surface area contributed by atoms with Gasteiger partial charge in [0.25, 0.3) is 5.91 Å². The van der Waals surface area contributed by atoms with Gasteiger partial charge in [0.05, 0.1) is 30.0 Å². The number of benzene rings is 2. The zero-order valence-corrected chi connectivity index (χ0v) is 19.0. The molecule has 2 aromatic rings. The average molecular weight is 437 g/mol. The summed E-state index contributed by atoms with van der Waals surface area (Å²) in [5.41, 5.74) is 4.44. The van der Waals surface area contributed by atoms with Crippen molar-refractivity contribution in [2.45, 2.75) is 13.8 Å². The molecule has 1 aliphatic heterocycles. The van der Waals surface area contributed by atoms with Gasteiger partial charge in [0.1, 0.15) is 0 Å². The summed E-state index contributed by atoms with van der Waals surface area (Å²) in [5.74, 6) is -0.668. The molecule has 3 rings (SSSR count). The molecule has 0 saturated heterocycles. The van der Waals surface area contributed by atoms with Gasteiger partial charge in [-0.1, -0.05) is 6.07 Å². The molecule has 0 aliphatic carbocycles. The number of carbonyl (C=O) groups excluding carboxylic acids is 3. The zero-order chi connectivity index (χ0) is 23.4. The number of rotatable bonds is 7. The Hall–Kier alpha value is -3.65. The summed E-state index contributed by atoms with van der Waals surface area (Å²) in [7, 11) is 5.44. The highest BCUT2D eigenvalue weighted by Gasteiger charge is 2.27. The van der Waals surface area contributed by atoms with E-state index in [0.717, 1.165) is 16.9 Å². The van der Waals surface area contributed by atoms with E-state index in [0.29, 0.717) is 29.1 Å². The Labute approximate surface area is 187 Å². The number of amides is 2. The highest BCUT2D eigenvalue weighted by molar-refractivity contribution is 6.32. The molecular formula is C24H28N4O4. The van der Waals surface area contributed by atoms with Crippen LogP contribution in [0.15, 0.2) is 48.2 Å². The number of hydrogen-bond donors (Lipinski definition) is 2. The summed E-state index contributed by atoms with van der Waals surface area (Å²) in [5, 5.41) is 6.07. The Morgan fingerprint density at radius 3 is 2.38 bits per heavy atom. The molecule has 0 aromatic heterocycles. The molecule has 8 nitrogen and oxygen atoms in total. The van der Waals surface area contributed by atoms with Gasteiger partial charge in [-0.25, -0.2) is 4.79 Å². The fourth-order valence-corrected chi connectivity index (χ4v) is 3.45. The molecule has 0 radical (unpaired) electrons. The standard InChI is InChI=1S/C24H28N4O4/c1-6-32-24(31)16-7-12-19-20(13-16)26-23(30)22(19)15(2)25-17-8-10-18(11-9-17)28(5)21(29)14-27(3)4/h7-13,25H,6,14H2,1-5H3,(H,26,30)/b22-15+. The lowest BCUT2D eigenvalue weighted by Crippen LogP contribution is -2.34. The number of esters is 1. The third-order valence-electron chi connectivity index (χ3n) is 5.06. The van der Waals surface area contributed by atoms with Crippen LogP contribution in [0.25, 0.3) is 5.57 Å². The van der Waals surface area contributed by atoms with Gasteiger partial charge < -0.3 is 25.2 Å². The monoisotopic (exact) mass is 436 g/mol. The van der Waals surface area contributed by atoms with E-state index in [2.05, 4.69) is 10.6 Å². The summed E-state index contributed by atoms with van der Waals surface area (Å²) in [6.07, 6.45) is 0. The van der Waals surface area contributed by atoms with E-state index in [1.807, 2.05) is 50.2 Å². The van der Waals surface area contributed by atoms with Crippen molar-refractivity contribution >= 4 is 40.4 Å². The van der Waals surface area contributed by atoms with Gasteiger partial charge in [0.2, 0.25) is 5.91 Å². The zero-order valence-electron chi connectivity index (χ0n) is 19.0. The van der Waals surface area contributed by atoms with Gasteiger partial charge in [-0.2, -0.15) is 0 Å². The average Bonchev–Trinajstić information content (AvgIpc) is 3.08. The maximum atomic E-state index is 12.6. The number of hydrogen-bond acceptors (Lipinski definition) is 6. The Morgan fingerprint density at radius 1 is 1.06 bits per heavy atom. The summed E-state index contributed by atoms with van der Waals surface area (Å²) in [6.45, 7) is 4.18. The number of fused-ring (bicyclic) bond motifs is 1. The number of nitrogens with one attached hydrogen (secondary N) is 2. The van der Waals surface area contributed by atoms with Crippen LogP contribution in [0.3, 0.4) is 0 Å². The van der Waals surface area contributed by atoms with E-state index in [1.165, 1.54) is 0 Å². The molecule has 0 bridgehead atoms. The van der Waals surface area contributed by atoms with Gasteiger partial charge in [0.15, 0.2) is 0 Å². The van der Waals surface area contributed by atoms with Gasteiger partial charge in [-0.05, 0) is 64.3 Å². The number of ether oxygens (including phenoxy) is 1. The van der Waals surface area contributed by atoms with Crippen LogP contribution in [-0.4, -0.2) is 57.0 Å². The fourth-order valence-electron chi connectivity index (χ4n) is 3.45. The van der Waals surface area contributed by atoms with Crippen LogP contribution in [0, 0.1) is 0 Å². The molecule has 1 aliphatic rings. The predicted molar refractivity (Wildman–Crippen MR) is 126 cm³/mol. The Bertz CT molecular complexity index is 1070. The first kappa shape index (κ1) is 23.0. The normalized spacial score (nSPS) is 14.0. The predicted octanol–water partition coefficient (Wildman–Crippen LogP) is 3.18. The minimum atomic E-state index is -0.425. The van der Waals surface area contributed by atoms with Crippen molar-refractivity contribution < 1.29 is 19.1 Å². The van der Waals surface area contributed by atoms with Crippen LogP contribution in [0.2, 0.25) is 0 Å². The van der Waals surface area contributed by atoms with E-state index in [-0.39, 0.29) is 18.4 Å². The van der Waals surface area contributed by atoms with Crippen LogP contribution in [0.4, 0.5) is 17.1 Å². The van der Waals surface area contributed by atoms with E-state index in [4.69, 9.17) is 4.74 Å². The first-order valence-electron chi connectivity index (χ1n) is 10.3. The van der Waals surface area contributed by atoms with E-state index < -0.39 is 5.97 Å². The molecule has 2 amide bonds. The van der Waals surface area contributed by atoms with Crippen molar-refractivity contribution in [1.82, 2.24) is 4.90 Å². The minimum absolute atomic E-state index is 0.00423. The number of allylic oxidation sites excluding steroid dienone is 1. The molecule has 0 spiro atoms. The lowest BCUT2D eigenvalue weighted by molar-refractivity contribution is -0.119. The Balaban J connectivity index is 1.79. The van der Waals surface area contributed by atoms with Gasteiger partial charge >= 0.3 is 5.97 Å². The fraction of sp³-hybridized carbons (Fsp3) is 0.292. The van der Waals surface area contributed by atoms with Crippen LogP contribution in [0.1, 0.15) is 29.8 Å². The van der Waals surface area contributed by atoms with Crippen molar-refractivity contribution in [1.29, 1.82) is 0 Å². The molecule has 0 unspecified atom stereocenters. The number of likely N-dealkylation sites (N-methyl/N-ethyl adjacent to an activating group) is 2. The first-order valence-corrected chi connectivity index (χ1v) is 10.3. The van der Waals surface area contributed by atoms with Crippen molar-refractivity contribution in [3.63, 3.8) is 0 Å². The van der Waals surface area contributed by atoms with E-state index in [1.54, 1.807) is 37.1 Å². The lowest BCUT2D eigenvalue weighted by Gasteiger charge is -2.20. The third kappa shape index (κ3) is 4.97. The van der Waals surface area contributed by atoms with Crippen molar-refractivity contribution in [2.24, 2.45) is 0 Å². The first-order chi connectivity index (χ1) is 15.2. The summed E-state index contributed by atoms with van der Waals surface area (Å²) < 4.78 is 5.02. The molecular weight excluding hydrogens is 408 g/mol. The maximum Gasteiger partial charge on any atom is 0.338 e. The number of nitrogens with zero attached hydrogens (tertiary/aromatic N) is 2. The smallest absolute Gasteiger partial charge is 0.338 e. The quantitative estimate of drug-likeness (QED) is 0.512. The van der Waals surface area contributed by atoms with Crippen LogP contribution < -0.4 is 15.5 Å². The number of anilines is 3. The molecule has 2 N–H and O–H groups in total. The molecule has 0 saturated carbocycles. The molecule has 168 valence electrons. The Morgan fingerprint density at radius 2 is 1.75 bits per heavy atom. The summed E-state index contributed by atoms with van der Waals surface area (Å²) in [4.78, 5) is 40.2.